The monoisotopic (exact) mass is 329 g/mol. The Kier molecular flexibility index (Phi) is 4.69. The molecule has 0 saturated carbocycles. The van der Waals surface area contributed by atoms with E-state index in [9.17, 15) is 4.79 Å². The first-order valence-corrected chi connectivity index (χ1v) is 8.12. The van der Waals surface area contributed by atoms with E-state index in [2.05, 4.69) is 15.5 Å². The van der Waals surface area contributed by atoms with Crippen molar-refractivity contribution >= 4 is 6.03 Å². The predicted molar refractivity (Wildman–Crippen MR) is 89.7 cm³/mol. The van der Waals surface area contributed by atoms with E-state index in [-0.39, 0.29) is 12.1 Å². The Labute approximate surface area is 141 Å². The lowest BCUT2D eigenvalue weighted by atomic mass is 10.1. The molecule has 0 bridgehead atoms. The van der Waals surface area contributed by atoms with Crippen LogP contribution in [-0.2, 0) is 13.6 Å². The third kappa shape index (κ3) is 3.20. The van der Waals surface area contributed by atoms with Gasteiger partial charge >= 0.3 is 6.03 Å². The van der Waals surface area contributed by atoms with Crippen molar-refractivity contribution in [3.63, 3.8) is 0 Å². The van der Waals surface area contributed by atoms with Crippen LogP contribution in [0.15, 0.2) is 24.5 Å². The molecular weight excluding hydrogens is 306 g/mol. The quantitative estimate of drug-likeness (QED) is 0.933. The molecule has 0 spiro atoms. The zero-order chi connectivity index (χ0) is 17.1. The number of nitrogens with zero attached hydrogens (tertiary/aromatic N) is 4. The molecule has 1 N–H and O–H groups in total. The predicted octanol–water partition coefficient (Wildman–Crippen LogP) is 2.18. The van der Waals surface area contributed by atoms with Gasteiger partial charge in [0.15, 0.2) is 5.82 Å². The molecule has 7 heteroatoms. The van der Waals surface area contributed by atoms with Crippen molar-refractivity contribution in [2.24, 2.45) is 7.05 Å². The van der Waals surface area contributed by atoms with Crippen LogP contribution < -0.4 is 10.1 Å². The maximum absolute atomic E-state index is 12.6. The minimum Gasteiger partial charge on any atom is -0.496 e. The zero-order valence-corrected chi connectivity index (χ0v) is 14.3. The third-order valence-corrected chi connectivity index (χ3v) is 4.47. The first-order chi connectivity index (χ1) is 11.6. The number of carbonyl (C=O) groups excluding carboxylic acids is 1. The highest BCUT2D eigenvalue weighted by atomic mass is 16.5. The van der Waals surface area contributed by atoms with Crippen molar-refractivity contribution in [1.82, 2.24) is 25.0 Å². The fraction of sp³-hybridized carbons (Fsp3) is 0.471. The molecule has 1 aliphatic rings. The molecule has 1 aromatic carbocycles. The first kappa shape index (κ1) is 16.3. The van der Waals surface area contributed by atoms with Crippen molar-refractivity contribution in [1.29, 1.82) is 0 Å². The number of nitrogens with one attached hydrogen (secondary N) is 1. The summed E-state index contributed by atoms with van der Waals surface area (Å²) in [5.74, 6) is 1.67. The lowest BCUT2D eigenvalue weighted by molar-refractivity contribution is 0.189. The van der Waals surface area contributed by atoms with Crippen molar-refractivity contribution < 1.29 is 9.53 Å². The van der Waals surface area contributed by atoms with Crippen LogP contribution in [0, 0.1) is 6.92 Å². The van der Waals surface area contributed by atoms with Gasteiger partial charge < -0.3 is 19.5 Å². The maximum Gasteiger partial charge on any atom is 0.318 e. The lowest BCUT2D eigenvalue weighted by Gasteiger charge is -2.24. The third-order valence-electron chi connectivity index (χ3n) is 4.47. The smallest absolute Gasteiger partial charge is 0.318 e. The summed E-state index contributed by atoms with van der Waals surface area (Å²) in [6.07, 6.45) is 3.56. The fourth-order valence-electron chi connectivity index (χ4n) is 3.13. The van der Waals surface area contributed by atoms with Crippen LogP contribution in [0.5, 0.6) is 5.75 Å². The maximum atomic E-state index is 12.6. The van der Waals surface area contributed by atoms with Gasteiger partial charge in [0, 0.05) is 20.1 Å². The molecule has 1 saturated heterocycles. The summed E-state index contributed by atoms with van der Waals surface area (Å²) in [6.45, 7) is 3.20. The van der Waals surface area contributed by atoms with Gasteiger partial charge in [-0.15, -0.1) is 10.2 Å². The number of aromatic nitrogens is 3. The van der Waals surface area contributed by atoms with Gasteiger partial charge in [-0.2, -0.15) is 0 Å². The van der Waals surface area contributed by atoms with Gasteiger partial charge in [0.1, 0.15) is 12.1 Å². The van der Waals surface area contributed by atoms with E-state index in [0.717, 1.165) is 42.1 Å². The summed E-state index contributed by atoms with van der Waals surface area (Å²) in [7, 11) is 3.56. The molecule has 24 heavy (non-hydrogen) atoms. The fourth-order valence-corrected chi connectivity index (χ4v) is 3.13. The van der Waals surface area contributed by atoms with E-state index >= 15 is 0 Å². The Balaban J connectivity index is 1.65. The van der Waals surface area contributed by atoms with Gasteiger partial charge in [0.25, 0.3) is 0 Å². The number of ether oxygens (including phenoxy) is 1. The number of hydrogen-bond acceptors (Lipinski definition) is 4. The molecule has 2 amide bonds. The normalized spacial score (nSPS) is 17.1. The molecule has 2 heterocycles. The van der Waals surface area contributed by atoms with Crippen molar-refractivity contribution in [3.8, 4) is 5.75 Å². The van der Waals surface area contributed by atoms with Crippen LogP contribution in [0.25, 0.3) is 0 Å². The number of rotatable bonds is 4. The van der Waals surface area contributed by atoms with Gasteiger partial charge in [0.05, 0.1) is 13.2 Å². The molecule has 128 valence electrons. The van der Waals surface area contributed by atoms with Crippen LogP contribution in [0.3, 0.4) is 0 Å². The Bertz CT molecular complexity index is 728. The van der Waals surface area contributed by atoms with Gasteiger partial charge in [-0.1, -0.05) is 12.1 Å². The average molecular weight is 329 g/mol. The molecule has 2 aromatic rings. The van der Waals surface area contributed by atoms with E-state index in [1.165, 1.54) is 0 Å². The van der Waals surface area contributed by atoms with Gasteiger partial charge in [-0.25, -0.2) is 4.79 Å². The molecule has 1 fully saturated rings. The first-order valence-electron chi connectivity index (χ1n) is 8.12. The Morgan fingerprint density at radius 2 is 2.29 bits per heavy atom. The van der Waals surface area contributed by atoms with Crippen molar-refractivity contribution in [2.75, 3.05) is 13.7 Å². The summed E-state index contributed by atoms with van der Waals surface area (Å²) < 4.78 is 7.21. The van der Waals surface area contributed by atoms with Gasteiger partial charge in [0.2, 0.25) is 0 Å². The number of benzene rings is 1. The highest BCUT2D eigenvalue weighted by Crippen LogP contribution is 2.30. The number of hydrogen-bond donors (Lipinski definition) is 1. The van der Waals surface area contributed by atoms with Gasteiger partial charge in [-0.3, -0.25) is 0 Å². The Morgan fingerprint density at radius 3 is 3.00 bits per heavy atom. The lowest BCUT2D eigenvalue weighted by Crippen LogP contribution is -2.39. The van der Waals surface area contributed by atoms with Crippen LogP contribution >= 0.6 is 0 Å². The highest BCUT2D eigenvalue weighted by Gasteiger charge is 2.32. The van der Waals surface area contributed by atoms with E-state index in [1.54, 1.807) is 13.4 Å². The van der Waals surface area contributed by atoms with E-state index in [0.29, 0.717) is 6.54 Å². The number of urea groups is 1. The molecular formula is C17H23N5O2. The standard InChI is InChI=1S/C17H23N5O2/c1-12-6-7-13(9-15(12)24-3)10-18-17(23)22-8-4-5-14(22)16-20-19-11-21(16)2/h6-7,9,11,14H,4-5,8,10H2,1-3H3,(H,18,23). The summed E-state index contributed by atoms with van der Waals surface area (Å²) in [5.41, 5.74) is 2.09. The molecule has 1 atom stereocenters. The topological polar surface area (TPSA) is 72.3 Å². The molecule has 1 unspecified atom stereocenters. The summed E-state index contributed by atoms with van der Waals surface area (Å²) in [4.78, 5) is 14.4. The molecule has 0 radical (unpaired) electrons. The molecule has 7 nitrogen and oxygen atoms in total. The summed E-state index contributed by atoms with van der Waals surface area (Å²) in [6, 6.07) is 5.88. The van der Waals surface area contributed by atoms with Crippen molar-refractivity contribution in [3.05, 3.63) is 41.5 Å². The summed E-state index contributed by atoms with van der Waals surface area (Å²) in [5, 5.41) is 11.1. The van der Waals surface area contributed by atoms with Crippen molar-refractivity contribution in [2.45, 2.75) is 32.4 Å². The number of methoxy groups -OCH3 is 1. The Hall–Kier alpha value is -2.57. The summed E-state index contributed by atoms with van der Waals surface area (Å²) >= 11 is 0. The van der Waals surface area contributed by atoms with E-state index in [1.807, 2.05) is 41.6 Å². The SMILES string of the molecule is COc1cc(CNC(=O)N2CCCC2c2nncn2C)ccc1C. The highest BCUT2D eigenvalue weighted by molar-refractivity contribution is 5.75. The van der Waals surface area contributed by atoms with E-state index in [4.69, 9.17) is 4.74 Å². The number of amides is 2. The van der Waals surface area contributed by atoms with Crippen LogP contribution in [0.4, 0.5) is 4.79 Å². The van der Waals surface area contributed by atoms with Crippen LogP contribution in [-0.4, -0.2) is 39.4 Å². The number of carbonyl (C=O) groups is 1. The molecule has 1 aromatic heterocycles. The minimum atomic E-state index is -0.0694. The van der Waals surface area contributed by atoms with E-state index < -0.39 is 0 Å². The molecule has 0 aliphatic carbocycles. The second-order valence-electron chi connectivity index (χ2n) is 6.11. The van der Waals surface area contributed by atoms with Gasteiger partial charge in [-0.05, 0) is 37.0 Å². The Morgan fingerprint density at radius 1 is 1.46 bits per heavy atom. The second-order valence-corrected chi connectivity index (χ2v) is 6.11. The number of likely N-dealkylation sites (tertiary alicyclic amines) is 1. The molecule has 1 aliphatic heterocycles. The largest absolute Gasteiger partial charge is 0.496 e. The second kappa shape index (κ2) is 6.90. The van der Waals surface area contributed by atoms with Crippen LogP contribution in [0.2, 0.25) is 0 Å². The number of aryl methyl sites for hydroxylation is 2. The minimum absolute atomic E-state index is 0.00921. The average Bonchev–Trinajstić information content (AvgIpc) is 3.22. The van der Waals surface area contributed by atoms with Crippen LogP contribution in [0.1, 0.15) is 35.8 Å². The zero-order valence-electron chi connectivity index (χ0n) is 14.3. The molecule has 3 rings (SSSR count).